The molecule has 2 amide bonds. The molecule has 5 nitrogen and oxygen atoms in total. The number of carbonyl (C=O) groups excluding carboxylic acids is 2. The molecule has 0 saturated heterocycles. The van der Waals surface area contributed by atoms with Crippen molar-refractivity contribution in [3.63, 3.8) is 0 Å². The van der Waals surface area contributed by atoms with E-state index in [0.29, 0.717) is 11.3 Å². The molecule has 1 aliphatic carbocycles. The number of pyridine rings is 1. The monoisotopic (exact) mass is 313 g/mol. The Balaban J connectivity index is 1.59. The van der Waals surface area contributed by atoms with Crippen molar-refractivity contribution >= 4 is 17.5 Å². The minimum Gasteiger partial charge on any atom is -0.347 e. The normalized spacial score (nSPS) is 14.8. The van der Waals surface area contributed by atoms with Gasteiger partial charge in [0.05, 0.1) is 11.9 Å². The largest absolute Gasteiger partial charge is 0.347 e. The lowest BCUT2D eigenvalue weighted by molar-refractivity contribution is -0.136. The molecule has 0 bridgehead atoms. The van der Waals surface area contributed by atoms with E-state index in [4.69, 9.17) is 0 Å². The Morgan fingerprint density at radius 2 is 1.91 bits per heavy atom. The van der Waals surface area contributed by atoms with Crippen LogP contribution in [0.3, 0.4) is 0 Å². The van der Waals surface area contributed by atoms with Crippen molar-refractivity contribution in [3.05, 3.63) is 60.2 Å². The molecule has 3 rings (SSSR count). The highest BCUT2D eigenvalue weighted by Crippen LogP contribution is 2.48. The molecule has 1 aromatic carbocycles. The SMILES string of the molecule is O=C(NCC1(c2ccccc2F)CC1)C(=O)Nc1cccnc1. The van der Waals surface area contributed by atoms with Crippen LogP contribution >= 0.6 is 0 Å². The summed E-state index contributed by atoms with van der Waals surface area (Å²) in [6.45, 7) is 0.243. The van der Waals surface area contributed by atoms with Gasteiger partial charge in [-0.2, -0.15) is 0 Å². The average molecular weight is 313 g/mol. The smallest absolute Gasteiger partial charge is 0.313 e. The van der Waals surface area contributed by atoms with E-state index in [1.807, 2.05) is 0 Å². The van der Waals surface area contributed by atoms with Crippen molar-refractivity contribution in [1.29, 1.82) is 0 Å². The Labute approximate surface area is 132 Å². The van der Waals surface area contributed by atoms with Gasteiger partial charge >= 0.3 is 11.8 Å². The molecule has 23 heavy (non-hydrogen) atoms. The van der Waals surface area contributed by atoms with Crippen LogP contribution in [0.2, 0.25) is 0 Å². The number of nitrogens with zero attached hydrogens (tertiary/aromatic N) is 1. The van der Waals surface area contributed by atoms with Crippen LogP contribution in [0.15, 0.2) is 48.8 Å². The summed E-state index contributed by atoms with van der Waals surface area (Å²) < 4.78 is 13.9. The fourth-order valence-electron chi connectivity index (χ4n) is 2.54. The van der Waals surface area contributed by atoms with Gasteiger partial charge in [0.25, 0.3) is 0 Å². The zero-order chi connectivity index (χ0) is 16.3. The average Bonchev–Trinajstić information content (AvgIpc) is 3.35. The third-order valence-corrected chi connectivity index (χ3v) is 4.01. The lowest BCUT2D eigenvalue weighted by Gasteiger charge is -2.17. The van der Waals surface area contributed by atoms with Crippen molar-refractivity contribution in [2.75, 3.05) is 11.9 Å². The number of hydrogen-bond donors (Lipinski definition) is 2. The van der Waals surface area contributed by atoms with Crippen LogP contribution in [-0.2, 0) is 15.0 Å². The molecule has 0 spiro atoms. The van der Waals surface area contributed by atoms with Gasteiger partial charge in [-0.1, -0.05) is 18.2 Å². The lowest BCUT2D eigenvalue weighted by atomic mass is 9.95. The standard InChI is InChI=1S/C17H16FN3O2/c18-14-6-2-1-5-13(14)17(7-8-17)11-20-15(22)16(23)21-12-4-3-9-19-10-12/h1-6,9-10H,7-8,11H2,(H,20,22)(H,21,23). The Morgan fingerprint density at radius 1 is 1.13 bits per heavy atom. The minimum absolute atomic E-state index is 0.243. The topological polar surface area (TPSA) is 71.1 Å². The van der Waals surface area contributed by atoms with Gasteiger partial charge in [-0.25, -0.2) is 4.39 Å². The highest BCUT2D eigenvalue weighted by Gasteiger charge is 2.46. The number of hydrogen-bond acceptors (Lipinski definition) is 3. The number of benzene rings is 1. The van der Waals surface area contributed by atoms with E-state index in [2.05, 4.69) is 15.6 Å². The molecule has 0 unspecified atom stereocenters. The number of amides is 2. The van der Waals surface area contributed by atoms with Crippen LogP contribution in [-0.4, -0.2) is 23.3 Å². The molecule has 6 heteroatoms. The first-order valence-corrected chi connectivity index (χ1v) is 7.35. The molecule has 0 aliphatic heterocycles. The van der Waals surface area contributed by atoms with Gasteiger partial charge in [0, 0.05) is 18.2 Å². The Kier molecular flexibility index (Phi) is 4.06. The third kappa shape index (κ3) is 3.36. The van der Waals surface area contributed by atoms with Gasteiger partial charge in [-0.05, 0) is 36.6 Å². The molecule has 1 heterocycles. The second kappa shape index (κ2) is 6.16. The van der Waals surface area contributed by atoms with Crippen LogP contribution in [0.4, 0.5) is 10.1 Å². The molecule has 2 N–H and O–H groups in total. The highest BCUT2D eigenvalue weighted by molar-refractivity contribution is 6.39. The zero-order valence-electron chi connectivity index (χ0n) is 12.4. The molecule has 2 aromatic rings. The maximum Gasteiger partial charge on any atom is 0.313 e. The van der Waals surface area contributed by atoms with Gasteiger partial charge in [-0.15, -0.1) is 0 Å². The Hall–Kier alpha value is -2.76. The predicted molar refractivity (Wildman–Crippen MR) is 83.2 cm³/mol. The predicted octanol–water partition coefficient (Wildman–Crippen LogP) is 2.01. The van der Waals surface area contributed by atoms with Crippen LogP contribution in [0.1, 0.15) is 18.4 Å². The lowest BCUT2D eigenvalue weighted by Crippen LogP contribution is -2.39. The van der Waals surface area contributed by atoms with E-state index in [0.717, 1.165) is 12.8 Å². The van der Waals surface area contributed by atoms with Gasteiger partial charge < -0.3 is 10.6 Å². The van der Waals surface area contributed by atoms with E-state index < -0.39 is 17.2 Å². The van der Waals surface area contributed by atoms with E-state index in [1.165, 1.54) is 12.3 Å². The van der Waals surface area contributed by atoms with Crippen molar-refractivity contribution in [2.45, 2.75) is 18.3 Å². The van der Waals surface area contributed by atoms with Gasteiger partial charge in [-0.3, -0.25) is 14.6 Å². The van der Waals surface area contributed by atoms with Crippen molar-refractivity contribution < 1.29 is 14.0 Å². The molecule has 1 saturated carbocycles. The number of nitrogens with one attached hydrogen (secondary N) is 2. The summed E-state index contributed by atoms with van der Waals surface area (Å²) in [7, 11) is 0. The maximum atomic E-state index is 13.9. The number of rotatable bonds is 4. The van der Waals surface area contributed by atoms with E-state index in [9.17, 15) is 14.0 Å². The molecule has 1 fully saturated rings. The summed E-state index contributed by atoms with van der Waals surface area (Å²) >= 11 is 0. The van der Waals surface area contributed by atoms with E-state index in [-0.39, 0.29) is 12.4 Å². The molecular weight excluding hydrogens is 297 g/mol. The fraction of sp³-hybridized carbons (Fsp3) is 0.235. The Bertz CT molecular complexity index is 730. The second-order valence-electron chi connectivity index (χ2n) is 5.64. The summed E-state index contributed by atoms with van der Waals surface area (Å²) in [5.41, 5.74) is 0.645. The Morgan fingerprint density at radius 3 is 2.57 bits per heavy atom. The zero-order valence-corrected chi connectivity index (χ0v) is 12.4. The fourth-order valence-corrected chi connectivity index (χ4v) is 2.54. The first kappa shape index (κ1) is 15.1. The summed E-state index contributed by atoms with van der Waals surface area (Å²) in [6, 6.07) is 9.84. The number of aromatic nitrogens is 1. The van der Waals surface area contributed by atoms with Gasteiger partial charge in [0.2, 0.25) is 0 Å². The van der Waals surface area contributed by atoms with Crippen LogP contribution in [0.5, 0.6) is 0 Å². The quantitative estimate of drug-likeness (QED) is 0.848. The van der Waals surface area contributed by atoms with E-state index in [1.54, 1.807) is 36.5 Å². The first-order valence-electron chi connectivity index (χ1n) is 7.35. The molecular formula is C17H16FN3O2. The van der Waals surface area contributed by atoms with Crippen LogP contribution in [0.25, 0.3) is 0 Å². The number of anilines is 1. The summed E-state index contributed by atoms with van der Waals surface area (Å²) in [6.07, 6.45) is 4.60. The van der Waals surface area contributed by atoms with E-state index >= 15 is 0 Å². The molecule has 118 valence electrons. The van der Waals surface area contributed by atoms with Crippen LogP contribution in [0, 0.1) is 5.82 Å². The molecule has 1 aromatic heterocycles. The van der Waals surface area contributed by atoms with Crippen molar-refractivity contribution in [1.82, 2.24) is 10.3 Å². The minimum atomic E-state index is -0.762. The number of halogens is 1. The maximum absolute atomic E-state index is 13.9. The molecule has 0 atom stereocenters. The third-order valence-electron chi connectivity index (χ3n) is 4.01. The first-order chi connectivity index (χ1) is 11.1. The van der Waals surface area contributed by atoms with Gasteiger partial charge in [0.15, 0.2) is 0 Å². The summed E-state index contributed by atoms with van der Waals surface area (Å²) in [5.74, 6) is -1.78. The van der Waals surface area contributed by atoms with Crippen molar-refractivity contribution in [2.24, 2.45) is 0 Å². The summed E-state index contributed by atoms with van der Waals surface area (Å²) in [5, 5.41) is 5.06. The molecule has 1 aliphatic rings. The second-order valence-corrected chi connectivity index (χ2v) is 5.64. The van der Waals surface area contributed by atoms with Gasteiger partial charge in [0.1, 0.15) is 5.82 Å². The number of carbonyl (C=O) groups is 2. The summed E-state index contributed by atoms with van der Waals surface area (Å²) in [4.78, 5) is 27.6. The highest BCUT2D eigenvalue weighted by atomic mass is 19.1. The van der Waals surface area contributed by atoms with Crippen LogP contribution < -0.4 is 10.6 Å². The van der Waals surface area contributed by atoms with Crippen molar-refractivity contribution in [3.8, 4) is 0 Å². The molecule has 0 radical (unpaired) electrons.